The normalized spacial score (nSPS) is 23.4. The van der Waals surface area contributed by atoms with Crippen LogP contribution >= 0.6 is 12.4 Å². The number of hydrogen-bond acceptors (Lipinski definition) is 3. The van der Waals surface area contributed by atoms with Crippen LogP contribution in [0.15, 0.2) is 6.20 Å². The van der Waals surface area contributed by atoms with Gasteiger partial charge in [0.15, 0.2) is 0 Å². The number of nitrogens with zero attached hydrogens (tertiary/aromatic N) is 2. The van der Waals surface area contributed by atoms with E-state index >= 15 is 0 Å². The molecule has 1 aromatic heterocycles. The molecule has 1 saturated heterocycles. The third-order valence-corrected chi connectivity index (χ3v) is 4.93. The molecule has 6 heteroatoms. The first-order chi connectivity index (χ1) is 10.6. The summed E-state index contributed by atoms with van der Waals surface area (Å²) in [7, 11) is 0. The Morgan fingerprint density at radius 3 is 3.00 bits per heavy atom. The summed E-state index contributed by atoms with van der Waals surface area (Å²) in [5, 5.41) is 11.2. The van der Waals surface area contributed by atoms with Crippen LogP contribution in [-0.2, 0) is 17.6 Å². The molecule has 5 nitrogen and oxygen atoms in total. The number of aromatic nitrogens is 2. The molecule has 2 heterocycles. The average Bonchev–Trinajstić information content (AvgIpc) is 3.14. The lowest BCUT2D eigenvalue weighted by atomic mass is 9.93. The zero-order chi connectivity index (χ0) is 15.5. The molecule has 130 valence electrons. The SMILES string of the molecule is CC(C)n1cc2c(n1)CC(NC(=O)CCC1CCNC1)CC2.Cl. The van der Waals surface area contributed by atoms with Crippen molar-refractivity contribution in [3.8, 4) is 0 Å². The number of fused-ring (bicyclic) bond motifs is 1. The van der Waals surface area contributed by atoms with E-state index in [1.165, 1.54) is 17.7 Å². The number of nitrogens with one attached hydrogen (secondary N) is 2. The molecule has 1 amide bonds. The van der Waals surface area contributed by atoms with Crippen LogP contribution in [-0.4, -0.2) is 34.8 Å². The van der Waals surface area contributed by atoms with Crippen molar-refractivity contribution in [2.24, 2.45) is 5.92 Å². The number of rotatable bonds is 5. The van der Waals surface area contributed by atoms with Gasteiger partial charge in [0, 0.05) is 31.1 Å². The Balaban J connectivity index is 0.00000192. The minimum atomic E-state index is 0. The van der Waals surface area contributed by atoms with E-state index in [1.54, 1.807) is 0 Å². The summed E-state index contributed by atoms with van der Waals surface area (Å²) in [4.78, 5) is 12.1. The van der Waals surface area contributed by atoms with Gasteiger partial charge in [-0.3, -0.25) is 9.48 Å². The highest BCUT2D eigenvalue weighted by molar-refractivity contribution is 5.85. The molecule has 0 spiro atoms. The van der Waals surface area contributed by atoms with Gasteiger partial charge in [-0.1, -0.05) is 0 Å². The maximum absolute atomic E-state index is 12.1. The smallest absolute Gasteiger partial charge is 0.220 e. The number of amides is 1. The summed E-state index contributed by atoms with van der Waals surface area (Å²) in [6.07, 6.45) is 8.01. The van der Waals surface area contributed by atoms with Crippen molar-refractivity contribution in [3.05, 3.63) is 17.5 Å². The van der Waals surface area contributed by atoms with E-state index in [4.69, 9.17) is 0 Å². The fourth-order valence-electron chi connectivity index (χ4n) is 3.50. The molecular weight excluding hydrogens is 312 g/mol. The molecule has 3 rings (SSSR count). The number of halogens is 1. The Bertz CT molecular complexity index is 523. The van der Waals surface area contributed by atoms with E-state index in [2.05, 4.69) is 35.8 Å². The van der Waals surface area contributed by atoms with E-state index in [-0.39, 0.29) is 24.4 Å². The summed E-state index contributed by atoms with van der Waals surface area (Å²) < 4.78 is 2.04. The first-order valence-electron chi connectivity index (χ1n) is 8.69. The van der Waals surface area contributed by atoms with Crippen LogP contribution in [0.3, 0.4) is 0 Å². The number of aryl methyl sites for hydroxylation is 1. The third kappa shape index (κ3) is 4.70. The molecule has 2 aliphatic rings. The molecule has 1 aromatic rings. The Hall–Kier alpha value is -1.07. The van der Waals surface area contributed by atoms with Gasteiger partial charge in [0.05, 0.1) is 5.69 Å². The predicted molar refractivity (Wildman–Crippen MR) is 94.0 cm³/mol. The molecule has 2 N–H and O–H groups in total. The zero-order valence-corrected chi connectivity index (χ0v) is 15.0. The number of carbonyl (C=O) groups is 1. The van der Waals surface area contributed by atoms with Gasteiger partial charge in [-0.2, -0.15) is 5.10 Å². The lowest BCUT2D eigenvalue weighted by molar-refractivity contribution is -0.122. The standard InChI is InChI=1S/C17H28N4O.ClH/c1-12(2)21-11-14-4-5-15(9-16(14)20-21)19-17(22)6-3-13-7-8-18-10-13;/h11-13,15,18H,3-10H2,1-2H3,(H,19,22);1H. The molecule has 2 unspecified atom stereocenters. The number of hydrogen-bond donors (Lipinski definition) is 2. The van der Waals surface area contributed by atoms with Crippen LogP contribution < -0.4 is 10.6 Å². The van der Waals surface area contributed by atoms with E-state index < -0.39 is 0 Å². The van der Waals surface area contributed by atoms with Crippen LogP contribution in [0.5, 0.6) is 0 Å². The van der Waals surface area contributed by atoms with E-state index in [1.807, 2.05) is 4.68 Å². The Labute approximate surface area is 145 Å². The summed E-state index contributed by atoms with van der Waals surface area (Å²) in [6, 6.07) is 0.663. The zero-order valence-electron chi connectivity index (χ0n) is 14.2. The summed E-state index contributed by atoms with van der Waals surface area (Å²) in [6.45, 7) is 6.48. The van der Waals surface area contributed by atoms with Crippen molar-refractivity contribution in [2.75, 3.05) is 13.1 Å². The van der Waals surface area contributed by atoms with Crippen molar-refractivity contribution < 1.29 is 4.79 Å². The third-order valence-electron chi connectivity index (χ3n) is 4.93. The summed E-state index contributed by atoms with van der Waals surface area (Å²) in [5.41, 5.74) is 2.53. The summed E-state index contributed by atoms with van der Waals surface area (Å²) >= 11 is 0. The van der Waals surface area contributed by atoms with Crippen molar-refractivity contribution in [1.29, 1.82) is 0 Å². The Morgan fingerprint density at radius 2 is 2.30 bits per heavy atom. The Morgan fingerprint density at radius 1 is 1.48 bits per heavy atom. The fraction of sp³-hybridized carbons (Fsp3) is 0.765. The lowest BCUT2D eigenvalue weighted by Crippen LogP contribution is -2.38. The van der Waals surface area contributed by atoms with Gasteiger partial charge in [-0.25, -0.2) is 0 Å². The van der Waals surface area contributed by atoms with Gasteiger partial charge >= 0.3 is 0 Å². The van der Waals surface area contributed by atoms with Crippen LogP contribution in [0.2, 0.25) is 0 Å². The van der Waals surface area contributed by atoms with Gasteiger partial charge < -0.3 is 10.6 Å². The second kappa shape index (κ2) is 8.15. The molecule has 0 aromatic carbocycles. The van der Waals surface area contributed by atoms with Crippen LogP contribution in [0, 0.1) is 5.92 Å². The predicted octanol–water partition coefficient (Wildman–Crippen LogP) is 2.25. The second-order valence-electron chi connectivity index (χ2n) is 7.08. The monoisotopic (exact) mass is 340 g/mol. The summed E-state index contributed by atoms with van der Waals surface area (Å²) in [5.74, 6) is 0.897. The largest absolute Gasteiger partial charge is 0.353 e. The van der Waals surface area contributed by atoms with Crippen molar-refractivity contribution >= 4 is 18.3 Å². The van der Waals surface area contributed by atoms with E-state index in [9.17, 15) is 4.79 Å². The van der Waals surface area contributed by atoms with Gasteiger partial charge in [-0.15, -0.1) is 12.4 Å². The van der Waals surface area contributed by atoms with Gasteiger partial charge in [0.2, 0.25) is 5.91 Å². The van der Waals surface area contributed by atoms with E-state index in [0.29, 0.717) is 18.4 Å². The van der Waals surface area contributed by atoms with Crippen LogP contribution in [0.4, 0.5) is 0 Å². The van der Waals surface area contributed by atoms with E-state index in [0.717, 1.165) is 38.8 Å². The minimum absolute atomic E-state index is 0. The molecule has 0 saturated carbocycles. The maximum Gasteiger partial charge on any atom is 0.220 e. The lowest BCUT2D eigenvalue weighted by Gasteiger charge is -2.22. The average molecular weight is 341 g/mol. The molecule has 1 aliphatic heterocycles. The van der Waals surface area contributed by atoms with Gasteiger partial charge in [0.25, 0.3) is 0 Å². The first kappa shape index (κ1) is 18.3. The maximum atomic E-state index is 12.1. The molecule has 0 bridgehead atoms. The van der Waals surface area contributed by atoms with Crippen molar-refractivity contribution in [3.63, 3.8) is 0 Å². The highest BCUT2D eigenvalue weighted by Gasteiger charge is 2.24. The molecule has 0 radical (unpaired) electrons. The fourth-order valence-corrected chi connectivity index (χ4v) is 3.50. The number of carbonyl (C=O) groups excluding carboxylic acids is 1. The molecule has 2 atom stereocenters. The molecule has 1 aliphatic carbocycles. The van der Waals surface area contributed by atoms with Crippen LogP contribution in [0.25, 0.3) is 0 Å². The first-order valence-corrected chi connectivity index (χ1v) is 8.69. The van der Waals surface area contributed by atoms with Gasteiger partial charge in [-0.05, 0) is 64.1 Å². The highest BCUT2D eigenvalue weighted by atomic mass is 35.5. The van der Waals surface area contributed by atoms with Crippen molar-refractivity contribution in [2.45, 2.75) is 64.5 Å². The van der Waals surface area contributed by atoms with Crippen molar-refractivity contribution in [1.82, 2.24) is 20.4 Å². The molecule has 23 heavy (non-hydrogen) atoms. The topological polar surface area (TPSA) is 59.0 Å². The highest BCUT2D eigenvalue weighted by Crippen LogP contribution is 2.22. The Kier molecular flexibility index (Phi) is 6.48. The molecular formula is C17H29ClN4O. The second-order valence-corrected chi connectivity index (χ2v) is 7.08. The molecule has 1 fully saturated rings. The quantitative estimate of drug-likeness (QED) is 0.864. The van der Waals surface area contributed by atoms with Crippen LogP contribution in [0.1, 0.15) is 56.8 Å². The minimum Gasteiger partial charge on any atom is -0.353 e. The van der Waals surface area contributed by atoms with Gasteiger partial charge in [0.1, 0.15) is 0 Å².